The largest absolute Gasteiger partial charge is 0.496 e. The molecule has 0 saturated carbocycles. The Kier molecular flexibility index (Phi) is 5.67. The first-order valence-corrected chi connectivity index (χ1v) is 6.87. The van der Waals surface area contributed by atoms with Gasteiger partial charge in [-0.3, -0.25) is 5.43 Å². The molecule has 0 atom stereocenters. The number of benzene rings is 1. The topological polar surface area (TPSA) is 67.8 Å². The normalized spacial score (nSPS) is 10.3. The smallest absolute Gasteiger partial charge is 0.237 e. The van der Waals surface area contributed by atoms with Gasteiger partial charge < -0.3 is 14.8 Å². The van der Waals surface area contributed by atoms with Gasteiger partial charge in [0.25, 0.3) is 0 Å². The molecule has 2 N–H and O–H groups in total. The molecular formula is C15H16N4O2S. The number of nitrogens with zero attached hydrogens (tertiary/aromatic N) is 2. The van der Waals surface area contributed by atoms with Crippen LogP contribution < -0.4 is 20.2 Å². The number of hydrogen-bond acceptors (Lipinski definition) is 5. The first-order valence-electron chi connectivity index (χ1n) is 6.46. The molecule has 22 heavy (non-hydrogen) atoms. The molecule has 0 unspecified atom stereocenters. The molecule has 1 aromatic carbocycles. The number of thiocarbonyl (C=S) groups is 1. The zero-order valence-corrected chi connectivity index (χ0v) is 13.1. The van der Waals surface area contributed by atoms with E-state index in [1.54, 1.807) is 32.7 Å². The monoisotopic (exact) mass is 316 g/mol. The zero-order valence-electron chi connectivity index (χ0n) is 12.2. The van der Waals surface area contributed by atoms with Gasteiger partial charge in [-0.25, -0.2) is 4.98 Å². The van der Waals surface area contributed by atoms with Crippen LogP contribution in [0.1, 0.15) is 5.56 Å². The Morgan fingerprint density at radius 3 is 2.77 bits per heavy atom. The molecule has 0 aliphatic carbocycles. The Hall–Kier alpha value is -2.67. The van der Waals surface area contributed by atoms with Crippen LogP contribution in [0.15, 0.2) is 47.7 Å². The van der Waals surface area contributed by atoms with Crippen LogP contribution in [0.4, 0.5) is 5.69 Å². The van der Waals surface area contributed by atoms with Crippen LogP contribution in [0.3, 0.4) is 0 Å². The van der Waals surface area contributed by atoms with Crippen molar-refractivity contribution in [1.82, 2.24) is 10.4 Å². The molecule has 1 aromatic heterocycles. The quantitative estimate of drug-likeness (QED) is 0.502. The molecule has 2 rings (SSSR count). The first-order chi connectivity index (χ1) is 10.7. The Morgan fingerprint density at radius 2 is 2.00 bits per heavy atom. The maximum absolute atomic E-state index is 5.24. The summed E-state index contributed by atoms with van der Waals surface area (Å²) < 4.78 is 10.4. The van der Waals surface area contributed by atoms with E-state index in [0.717, 1.165) is 11.3 Å². The van der Waals surface area contributed by atoms with Crippen molar-refractivity contribution < 1.29 is 9.47 Å². The van der Waals surface area contributed by atoms with Gasteiger partial charge in [-0.05, 0) is 36.5 Å². The first kappa shape index (κ1) is 15.7. The molecule has 1 heterocycles. The fourth-order valence-electron chi connectivity index (χ4n) is 1.73. The van der Waals surface area contributed by atoms with Crippen LogP contribution in [0, 0.1) is 0 Å². The second-order valence-corrected chi connectivity index (χ2v) is 4.53. The summed E-state index contributed by atoms with van der Waals surface area (Å²) in [7, 11) is 3.16. The molecule has 114 valence electrons. The van der Waals surface area contributed by atoms with Crippen molar-refractivity contribution in [3.05, 3.63) is 48.2 Å². The average Bonchev–Trinajstić information content (AvgIpc) is 2.55. The molecule has 0 fully saturated rings. The lowest BCUT2D eigenvalue weighted by Gasteiger charge is -2.09. The highest BCUT2D eigenvalue weighted by Crippen LogP contribution is 2.19. The van der Waals surface area contributed by atoms with Gasteiger partial charge in [-0.1, -0.05) is 12.1 Å². The summed E-state index contributed by atoms with van der Waals surface area (Å²) in [6.07, 6.45) is 3.27. The standard InChI is InChI=1S/C15H16N4O2S/c1-20-13-8-4-3-6-11(13)10-17-19-15(22)18-12-7-5-9-16-14(12)21-2/h3-10H,1-2H3,(H2,18,19,22). The molecule has 2 aromatic rings. The predicted molar refractivity (Wildman–Crippen MR) is 90.7 cm³/mol. The van der Waals surface area contributed by atoms with Gasteiger partial charge in [0, 0.05) is 11.8 Å². The van der Waals surface area contributed by atoms with Crippen molar-refractivity contribution in [2.75, 3.05) is 19.5 Å². The molecule has 0 spiro atoms. The third kappa shape index (κ3) is 4.16. The van der Waals surface area contributed by atoms with E-state index in [1.807, 2.05) is 30.3 Å². The van der Waals surface area contributed by atoms with E-state index in [0.29, 0.717) is 16.7 Å². The number of hydrogen-bond donors (Lipinski definition) is 2. The number of nitrogens with one attached hydrogen (secondary N) is 2. The third-order valence-corrected chi connectivity index (χ3v) is 2.91. The van der Waals surface area contributed by atoms with E-state index in [2.05, 4.69) is 20.8 Å². The second kappa shape index (κ2) is 7.94. The summed E-state index contributed by atoms with van der Waals surface area (Å²) in [6, 6.07) is 11.1. The maximum Gasteiger partial charge on any atom is 0.237 e. The lowest BCUT2D eigenvalue weighted by molar-refractivity contribution is 0.400. The van der Waals surface area contributed by atoms with Crippen molar-refractivity contribution in [2.45, 2.75) is 0 Å². The van der Waals surface area contributed by atoms with Gasteiger partial charge in [0.2, 0.25) is 5.88 Å². The average molecular weight is 316 g/mol. The minimum atomic E-state index is 0.331. The van der Waals surface area contributed by atoms with Gasteiger partial charge in [0.05, 0.1) is 20.4 Å². The SMILES string of the molecule is COc1ccccc1C=NNC(=S)Nc1cccnc1OC. The van der Waals surface area contributed by atoms with Crippen molar-refractivity contribution >= 4 is 29.2 Å². The van der Waals surface area contributed by atoms with Crippen LogP contribution in [-0.4, -0.2) is 30.5 Å². The number of methoxy groups -OCH3 is 2. The highest BCUT2D eigenvalue weighted by Gasteiger charge is 2.04. The molecule has 0 radical (unpaired) electrons. The molecular weight excluding hydrogens is 300 g/mol. The van der Waals surface area contributed by atoms with E-state index < -0.39 is 0 Å². The Morgan fingerprint density at radius 1 is 1.18 bits per heavy atom. The fourth-order valence-corrected chi connectivity index (χ4v) is 1.90. The Balaban J connectivity index is 1.96. The summed E-state index contributed by atoms with van der Waals surface area (Å²) in [6.45, 7) is 0. The number of anilines is 1. The van der Waals surface area contributed by atoms with E-state index >= 15 is 0 Å². The lowest BCUT2D eigenvalue weighted by atomic mass is 10.2. The third-order valence-electron chi connectivity index (χ3n) is 2.72. The molecule has 6 nitrogen and oxygen atoms in total. The zero-order chi connectivity index (χ0) is 15.8. The van der Waals surface area contributed by atoms with E-state index in [-0.39, 0.29) is 0 Å². The van der Waals surface area contributed by atoms with Crippen LogP contribution in [0.2, 0.25) is 0 Å². The van der Waals surface area contributed by atoms with Gasteiger partial charge in [-0.2, -0.15) is 5.10 Å². The van der Waals surface area contributed by atoms with E-state index in [4.69, 9.17) is 21.7 Å². The minimum absolute atomic E-state index is 0.331. The highest BCUT2D eigenvalue weighted by molar-refractivity contribution is 7.80. The molecule has 0 saturated heterocycles. The molecule has 0 amide bonds. The van der Waals surface area contributed by atoms with Crippen LogP contribution in [0.5, 0.6) is 11.6 Å². The molecule has 0 aliphatic rings. The number of para-hydroxylation sites is 1. The van der Waals surface area contributed by atoms with Crippen molar-refractivity contribution in [1.29, 1.82) is 0 Å². The molecule has 0 bridgehead atoms. The maximum atomic E-state index is 5.24. The lowest BCUT2D eigenvalue weighted by Crippen LogP contribution is -2.24. The number of ether oxygens (including phenoxy) is 2. The van der Waals surface area contributed by atoms with Gasteiger partial charge in [0.15, 0.2) is 5.11 Å². The van der Waals surface area contributed by atoms with Crippen molar-refractivity contribution in [3.8, 4) is 11.6 Å². The highest BCUT2D eigenvalue weighted by atomic mass is 32.1. The number of aromatic nitrogens is 1. The minimum Gasteiger partial charge on any atom is -0.496 e. The summed E-state index contributed by atoms with van der Waals surface area (Å²) in [5, 5.41) is 7.38. The Bertz CT molecular complexity index is 676. The molecule has 0 aliphatic heterocycles. The fraction of sp³-hybridized carbons (Fsp3) is 0.133. The summed E-state index contributed by atoms with van der Waals surface area (Å²) >= 11 is 5.17. The van der Waals surface area contributed by atoms with Gasteiger partial charge in [-0.15, -0.1) is 0 Å². The van der Waals surface area contributed by atoms with Crippen LogP contribution in [0.25, 0.3) is 0 Å². The van der Waals surface area contributed by atoms with Gasteiger partial charge in [0.1, 0.15) is 11.4 Å². The number of rotatable bonds is 5. The van der Waals surface area contributed by atoms with Crippen LogP contribution >= 0.6 is 12.2 Å². The predicted octanol–water partition coefficient (Wildman–Crippen LogP) is 2.42. The Labute approximate surface area is 134 Å². The molecule has 7 heteroatoms. The summed E-state index contributed by atoms with van der Waals surface area (Å²) in [5.74, 6) is 1.20. The van der Waals surface area contributed by atoms with Gasteiger partial charge >= 0.3 is 0 Å². The summed E-state index contributed by atoms with van der Waals surface area (Å²) in [4.78, 5) is 4.07. The second-order valence-electron chi connectivity index (χ2n) is 4.13. The summed E-state index contributed by atoms with van der Waals surface area (Å²) in [5.41, 5.74) is 4.24. The number of hydrazone groups is 1. The van der Waals surface area contributed by atoms with Crippen molar-refractivity contribution in [3.63, 3.8) is 0 Å². The van der Waals surface area contributed by atoms with Crippen molar-refractivity contribution in [2.24, 2.45) is 5.10 Å². The van der Waals surface area contributed by atoms with E-state index in [9.17, 15) is 0 Å². The number of pyridine rings is 1. The van der Waals surface area contributed by atoms with Crippen LogP contribution in [-0.2, 0) is 0 Å². The van der Waals surface area contributed by atoms with E-state index in [1.165, 1.54) is 0 Å².